The van der Waals surface area contributed by atoms with Gasteiger partial charge in [-0.05, 0) is 30.9 Å². The Balaban J connectivity index is 1.50. The minimum atomic E-state index is 0.337. The van der Waals surface area contributed by atoms with Gasteiger partial charge in [0.1, 0.15) is 0 Å². The van der Waals surface area contributed by atoms with Crippen molar-refractivity contribution in [1.29, 1.82) is 0 Å². The highest BCUT2D eigenvalue weighted by Crippen LogP contribution is 2.17. The third kappa shape index (κ3) is 5.72. The van der Waals surface area contributed by atoms with E-state index in [0.29, 0.717) is 12.1 Å². The summed E-state index contributed by atoms with van der Waals surface area (Å²) in [6.07, 6.45) is 5.51. The molecule has 2 aliphatic rings. The number of morpholine rings is 1. The van der Waals surface area contributed by atoms with E-state index in [1.165, 1.54) is 36.8 Å². The largest absolute Gasteiger partial charge is 0.376 e. The molecule has 0 aromatic heterocycles. The van der Waals surface area contributed by atoms with Crippen LogP contribution in [-0.2, 0) is 17.8 Å². The van der Waals surface area contributed by atoms with Crippen molar-refractivity contribution in [2.75, 3.05) is 26.7 Å². The number of hydrogen-bond acceptors (Lipinski definition) is 3. The SMILES string of the molecule is CN=C(NCc1cccc(CN2CCOC(C)C2)c1)NC1CCCC1. The molecule has 1 aliphatic carbocycles. The Morgan fingerprint density at radius 1 is 1.28 bits per heavy atom. The summed E-state index contributed by atoms with van der Waals surface area (Å²) in [5.41, 5.74) is 2.67. The first-order chi connectivity index (χ1) is 12.2. The highest BCUT2D eigenvalue weighted by atomic mass is 16.5. The average molecular weight is 345 g/mol. The van der Waals surface area contributed by atoms with Gasteiger partial charge in [0.25, 0.3) is 0 Å². The molecule has 5 heteroatoms. The van der Waals surface area contributed by atoms with Gasteiger partial charge in [-0.25, -0.2) is 0 Å². The van der Waals surface area contributed by atoms with Gasteiger partial charge in [0.15, 0.2) is 5.96 Å². The number of aliphatic imine (C=N–C) groups is 1. The molecule has 1 heterocycles. The van der Waals surface area contributed by atoms with E-state index in [1.807, 2.05) is 7.05 Å². The van der Waals surface area contributed by atoms with Crippen LogP contribution in [0.2, 0.25) is 0 Å². The topological polar surface area (TPSA) is 48.9 Å². The molecule has 0 amide bonds. The molecule has 0 radical (unpaired) electrons. The number of hydrogen-bond donors (Lipinski definition) is 2. The van der Waals surface area contributed by atoms with E-state index in [2.05, 4.69) is 51.7 Å². The Morgan fingerprint density at radius 2 is 2.08 bits per heavy atom. The molecular formula is C20H32N4O. The second-order valence-corrected chi connectivity index (χ2v) is 7.29. The van der Waals surface area contributed by atoms with E-state index in [1.54, 1.807) is 0 Å². The first-order valence-electron chi connectivity index (χ1n) is 9.62. The van der Waals surface area contributed by atoms with E-state index >= 15 is 0 Å². The highest BCUT2D eigenvalue weighted by Gasteiger charge is 2.17. The minimum Gasteiger partial charge on any atom is -0.376 e. The van der Waals surface area contributed by atoms with E-state index in [0.717, 1.165) is 38.7 Å². The maximum atomic E-state index is 5.63. The van der Waals surface area contributed by atoms with Crippen molar-refractivity contribution in [2.45, 2.75) is 57.8 Å². The predicted octanol–water partition coefficient (Wildman–Crippen LogP) is 2.51. The lowest BCUT2D eigenvalue weighted by atomic mass is 10.1. The van der Waals surface area contributed by atoms with Crippen LogP contribution in [0.25, 0.3) is 0 Å². The van der Waals surface area contributed by atoms with E-state index in [4.69, 9.17) is 4.74 Å². The van der Waals surface area contributed by atoms with Crippen LogP contribution >= 0.6 is 0 Å². The molecule has 1 atom stereocenters. The third-order valence-electron chi connectivity index (χ3n) is 5.10. The van der Waals surface area contributed by atoms with E-state index in [9.17, 15) is 0 Å². The summed E-state index contributed by atoms with van der Waals surface area (Å²) in [4.78, 5) is 6.84. The van der Waals surface area contributed by atoms with Crippen molar-refractivity contribution in [3.05, 3.63) is 35.4 Å². The second kappa shape index (κ2) is 9.20. The Hall–Kier alpha value is -1.59. The first-order valence-corrected chi connectivity index (χ1v) is 9.62. The van der Waals surface area contributed by atoms with Crippen LogP contribution < -0.4 is 10.6 Å². The van der Waals surface area contributed by atoms with Gasteiger partial charge in [0.05, 0.1) is 12.7 Å². The maximum Gasteiger partial charge on any atom is 0.191 e. The van der Waals surface area contributed by atoms with Gasteiger partial charge in [-0.1, -0.05) is 37.1 Å². The lowest BCUT2D eigenvalue weighted by Crippen LogP contribution is -2.42. The number of guanidine groups is 1. The van der Waals surface area contributed by atoms with Crippen LogP contribution in [0.3, 0.4) is 0 Å². The first kappa shape index (κ1) is 18.2. The molecule has 0 bridgehead atoms. The Labute approximate surface area is 151 Å². The quantitative estimate of drug-likeness (QED) is 0.636. The monoisotopic (exact) mass is 344 g/mol. The molecule has 0 spiro atoms. The van der Waals surface area contributed by atoms with Gasteiger partial charge >= 0.3 is 0 Å². The van der Waals surface area contributed by atoms with Gasteiger partial charge in [-0.3, -0.25) is 9.89 Å². The maximum absolute atomic E-state index is 5.63. The van der Waals surface area contributed by atoms with Gasteiger partial charge in [-0.2, -0.15) is 0 Å². The van der Waals surface area contributed by atoms with E-state index in [-0.39, 0.29) is 0 Å². The van der Waals surface area contributed by atoms with Crippen LogP contribution in [0, 0.1) is 0 Å². The molecule has 1 saturated carbocycles. The van der Waals surface area contributed by atoms with Gasteiger partial charge in [0, 0.05) is 39.3 Å². The molecule has 1 saturated heterocycles. The van der Waals surface area contributed by atoms with Crippen molar-refractivity contribution < 1.29 is 4.74 Å². The lowest BCUT2D eigenvalue weighted by molar-refractivity contribution is -0.0212. The Morgan fingerprint density at radius 3 is 2.84 bits per heavy atom. The highest BCUT2D eigenvalue weighted by molar-refractivity contribution is 5.79. The smallest absolute Gasteiger partial charge is 0.191 e. The number of ether oxygens (including phenoxy) is 1. The van der Waals surface area contributed by atoms with Crippen LogP contribution in [0.4, 0.5) is 0 Å². The van der Waals surface area contributed by atoms with Crippen molar-refractivity contribution in [3.63, 3.8) is 0 Å². The summed E-state index contributed by atoms with van der Waals surface area (Å²) >= 11 is 0. The molecule has 3 rings (SSSR count). The fraction of sp³-hybridized carbons (Fsp3) is 0.650. The van der Waals surface area contributed by atoms with Crippen molar-refractivity contribution in [1.82, 2.24) is 15.5 Å². The molecule has 1 unspecified atom stereocenters. The Kier molecular flexibility index (Phi) is 6.70. The fourth-order valence-corrected chi connectivity index (χ4v) is 3.77. The van der Waals surface area contributed by atoms with Crippen LogP contribution in [0.5, 0.6) is 0 Å². The zero-order valence-electron chi connectivity index (χ0n) is 15.6. The molecule has 5 nitrogen and oxygen atoms in total. The van der Waals surface area contributed by atoms with Crippen LogP contribution in [0.1, 0.15) is 43.7 Å². The minimum absolute atomic E-state index is 0.337. The molecule has 25 heavy (non-hydrogen) atoms. The average Bonchev–Trinajstić information content (AvgIpc) is 3.12. The molecule has 2 N–H and O–H groups in total. The lowest BCUT2D eigenvalue weighted by Gasteiger charge is -2.31. The zero-order chi connectivity index (χ0) is 17.5. The number of nitrogens with zero attached hydrogens (tertiary/aromatic N) is 2. The van der Waals surface area contributed by atoms with Crippen LogP contribution in [-0.4, -0.2) is 49.7 Å². The van der Waals surface area contributed by atoms with Crippen molar-refractivity contribution in [3.8, 4) is 0 Å². The molecular weight excluding hydrogens is 312 g/mol. The summed E-state index contributed by atoms with van der Waals surface area (Å²) in [6, 6.07) is 9.44. The van der Waals surface area contributed by atoms with E-state index < -0.39 is 0 Å². The second-order valence-electron chi connectivity index (χ2n) is 7.29. The fourth-order valence-electron chi connectivity index (χ4n) is 3.77. The number of benzene rings is 1. The summed E-state index contributed by atoms with van der Waals surface area (Å²) in [5.74, 6) is 0.916. The molecule has 138 valence electrons. The van der Waals surface area contributed by atoms with Crippen molar-refractivity contribution in [2.24, 2.45) is 4.99 Å². The standard InChI is InChI=1S/C20H32N4O/c1-16-14-24(10-11-25-16)15-18-7-5-6-17(12-18)13-22-20(21-2)23-19-8-3-4-9-19/h5-7,12,16,19H,3-4,8-11,13-15H2,1-2H3,(H2,21,22,23). The molecule has 2 fully saturated rings. The predicted molar refractivity (Wildman–Crippen MR) is 103 cm³/mol. The number of rotatable bonds is 5. The molecule has 1 aliphatic heterocycles. The van der Waals surface area contributed by atoms with Crippen LogP contribution in [0.15, 0.2) is 29.3 Å². The van der Waals surface area contributed by atoms with Gasteiger partial charge < -0.3 is 15.4 Å². The molecule has 1 aromatic rings. The summed E-state index contributed by atoms with van der Waals surface area (Å²) < 4.78 is 5.63. The van der Waals surface area contributed by atoms with Gasteiger partial charge in [-0.15, -0.1) is 0 Å². The summed E-state index contributed by atoms with van der Waals surface area (Å²) in [5, 5.41) is 6.99. The normalized spacial score (nSPS) is 23.0. The summed E-state index contributed by atoms with van der Waals surface area (Å²) in [6.45, 7) is 6.82. The summed E-state index contributed by atoms with van der Waals surface area (Å²) in [7, 11) is 1.85. The number of nitrogens with one attached hydrogen (secondary N) is 2. The molecule has 1 aromatic carbocycles. The zero-order valence-corrected chi connectivity index (χ0v) is 15.6. The third-order valence-corrected chi connectivity index (χ3v) is 5.10. The van der Waals surface area contributed by atoms with Gasteiger partial charge in [0.2, 0.25) is 0 Å². The van der Waals surface area contributed by atoms with Crippen molar-refractivity contribution >= 4 is 5.96 Å². The Bertz CT molecular complexity index is 569.